The number of methoxy groups -OCH3 is 1. The number of carbonyl (C=O) groups is 1. The van der Waals surface area contributed by atoms with Crippen LogP contribution >= 0.6 is 0 Å². The topological polar surface area (TPSA) is 52.3 Å². The Balaban J connectivity index is 3.33. The Kier molecular flexibility index (Phi) is 2.46. The highest BCUT2D eigenvalue weighted by Crippen LogP contribution is 2.20. The molecule has 0 heterocycles. The fourth-order valence-electron chi connectivity index (χ4n) is 0.877. The molecule has 0 atom stereocenters. The van der Waals surface area contributed by atoms with Crippen molar-refractivity contribution >= 4 is 11.7 Å². The van der Waals surface area contributed by atoms with Crippen LogP contribution in [0.15, 0.2) is 12.1 Å². The molecule has 70 valence electrons. The van der Waals surface area contributed by atoms with Gasteiger partial charge in [0.25, 0.3) is 0 Å². The van der Waals surface area contributed by atoms with Crippen LogP contribution < -0.4 is 5.73 Å². The molecular formula is C8H7F2NO2. The predicted molar refractivity (Wildman–Crippen MR) is 42.1 cm³/mol. The fourth-order valence-corrected chi connectivity index (χ4v) is 0.877. The maximum atomic E-state index is 12.9. The molecule has 0 aliphatic rings. The molecule has 1 rings (SSSR count). The van der Waals surface area contributed by atoms with Gasteiger partial charge in [-0.05, 0) is 12.1 Å². The Morgan fingerprint density at radius 1 is 1.38 bits per heavy atom. The van der Waals surface area contributed by atoms with Crippen molar-refractivity contribution in [2.75, 3.05) is 12.8 Å². The summed E-state index contributed by atoms with van der Waals surface area (Å²) in [6, 6.07) is 1.66. The number of hydrogen-bond acceptors (Lipinski definition) is 3. The first-order valence-corrected chi connectivity index (χ1v) is 3.39. The molecule has 0 spiro atoms. The van der Waals surface area contributed by atoms with Gasteiger partial charge in [0.05, 0.1) is 12.8 Å². The molecule has 3 nitrogen and oxygen atoms in total. The minimum atomic E-state index is -0.991. The lowest BCUT2D eigenvalue weighted by Gasteiger charge is -2.04. The normalized spacial score (nSPS) is 9.77. The van der Waals surface area contributed by atoms with E-state index in [0.717, 1.165) is 19.2 Å². The molecule has 0 bridgehead atoms. The molecule has 0 radical (unpaired) electrons. The van der Waals surface area contributed by atoms with Gasteiger partial charge in [-0.25, -0.2) is 13.6 Å². The number of halogens is 2. The van der Waals surface area contributed by atoms with Crippen LogP contribution in [0.3, 0.4) is 0 Å². The van der Waals surface area contributed by atoms with Crippen molar-refractivity contribution in [3.63, 3.8) is 0 Å². The number of esters is 1. The Labute approximate surface area is 73.1 Å². The van der Waals surface area contributed by atoms with Crippen LogP contribution in [0.25, 0.3) is 0 Å². The Bertz CT molecular complexity index is 352. The molecular weight excluding hydrogens is 180 g/mol. The van der Waals surface area contributed by atoms with E-state index in [0.29, 0.717) is 0 Å². The fraction of sp³-hybridized carbons (Fsp3) is 0.125. The quantitative estimate of drug-likeness (QED) is 0.533. The summed E-state index contributed by atoms with van der Waals surface area (Å²) >= 11 is 0. The van der Waals surface area contributed by atoms with Crippen molar-refractivity contribution in [3.8, 4) is 0 Å². The summed E-state index contributed by atoms with van der Waals surface area (Å²) in [6.45, 7) is 0. The third kappa shape index (κ3) is 1.58. The zero-order chi connectivity index (χ0) is 10.0. The summed E-state index contributed by atoms with van der Waals surface area (Å²) < 4.78 is 29.9. The lowest BCUT2D eigenvalue weighted by atomic mass is 10.1. The zero-order valence-electron chi connectivity index (χ0n) is 6.80. The van der Waals surface area contributed by atoms with E-state index in [1.165, 1.54) is 0 Å². The number of nitrogen functional groups attached to an aromatic ring is 1. The van der Waals surface area contributed by atoms with Crippen molar-refractivity contribution < 1.29 is 18.3 Å². The molecule has 0 unspecified atom stereocenters. The van der Waals surface area contributed by atoms with E-state index in [1.54, 1.807) is 0 Å². The first-order chi connectivity index (χ1) is 6.07. The highest BCUT2D eigenvalue weighted by atomic mass is 19.1. The molecule has 0 fully saturated rings. The summed E-state index contributed by atoms with van der Waals surface area (Å²) in [5.41, 5.74) is 4.04. The van der Waals surface area contributed by atoms with E-state index >= 15 is 0 Å². The second kappa shape index (κ2) is 3.38. The molecule has 1 aromatic rings. The summed E-state index contributed by atoms with van der Waals surface area (Å²) in [5, 5.41) is 0. The zero-order valence-corrected chi connectivity index (χ0v) is 6.80. The largest absolute Gasteiger partial charge is 0.465 e. The predicted octanol–water partition coefficient (Wildman–Crippen LogP) is 1.33. The molecule has 0 aliphatic heterocycles. The monoisotopic (exact) mass is 187 g/mol. The van der Waals surface area contributed by atoms with Gasteiger partial charge in [-0.1, -0.05) is 0 Å². The van der Waals surface area contributed by atoms with E-state index in [1.807, 2.05) is 0 Å². The van der Waals surface area contributed by atoms with Gasteiger partial charge in [-0.3, -0.25) is 0 Å². The van der Waals surface area contributed by atoms with E-state index in [4.69, 9.17) is 5.73 Å². The van der Waals surface area contributed by atoms with Crippen LogP contribution in [0, 0.1) is 11.6 Å². The van der Waals surface area contributed by atoms with Crippen LogP contribution in [-0.2, 0) is 4.74 Å². The van der Waals surface area contributed by atoms with Crippen molar-refractivity contribution in [2.45, 2.75) is 0 Å². The molecule has 1 aromatic carbocycles. The average Bonchev–Trinajstić information content (AvgIpc) is 2.12. The van der Waals surface area contributed by atoms with Crippen LogP contribution in [0.5, 0.6) is 0 Å². The molecule has 0 aromatic heterocycles. The number of hydrogen-bond donors (Lipinski definition) is 1. The second-order valence-electron chi connectivity index (χ2n) is 2.31. The maximum absolute atomic E-state index is 12.9. The summed E-state index contributed by atoms with van der Waals surface area (Å²) in [7, 11) is 1.06. The molecule has 0 saturated heterocycles. The van der Waals surface area contributed by atoms with Gasteiger partial charge in [0.2, 0.25) is 0 Å². The van der Waals surface area contributed by atoms with Crippen molar-refractivity contribution in [3.05, 3.63) is 29.3 Å². The molecule has 0 aliphatic carbocycles. The highest BCUT2D eigenvalue weighted by molar-refractivity contribution is 5.95. The van der Waals surface area contributed by atoms with Crippen LogP contribution in [0.2, 0.25) is 0 Å². The lowest BCUT2D eigenvalue weighted by Crippen LogP contribution is -2.10. The van der Waals surface area contributed by atoms with E-state index in [-0.39, 0.29) is 0 Å². The molecule has 0 saturated carbocycles. The van der Waals surface area contributed by atoms with E-state index < -0.39 is 28.9 Å². The summed E-state index contributed by atoms with van der Waals surface area (Å²) in [6.07, 6.45) is 0. The van der Waals surface area contributed by atoms with Crippen molar-refractivity contribution in [1.82, 2.24) is 0 Å². The maximum Gasteiger partial charge on any atom is 0.343 e. The first kappa shape index (κ1) is 9.44. The Morgan fingerprint density at radius 3 is 2.46 bits per heavy atom. The number of carbonyl (C=O) groups excluding carboxylic acids is 1. The minimum Gasteiger partial charge on any atom is -0.465 e. The van der Waals surface area contributed by atoms with Gasteiger partial charge >= 0.3 is 5.97 Å². The summed E-state index contributed by atoms with van der Waals surface area (Å²) in [5.74, 6) is -2.73. The van der Waals surface area contributed by atoms with E-state index in [9.17, 15) is 13.6 Å². The minimum absolute atomic E-state index is 0.535. The smallest absolute Gasteiger partial charge is 0.343 e. The van der Waals surface area contributed by atoms with Gasteiger partial charge < -0.3 is 10.5 Å². The molecule has 2 N–H and O–H groups in total. The Hall–Kier alpha value is -1.65. The lowest BCUT2D eigenvalue weighted by molar-refractivity contribution is 0.0596. The average molecular weight is 187 g/mol. The highest BCUT2D eigenvalue weighted by Gasteiger charge is 2.18. The van der Waals surface area contributed by atoms with E-state index in [2.05, 4.69) is 4.74 Å². The SMILES string of the molecule is COC(=O)c1c(F)ccc(F)c1N. The number of anilines is 1. The van der Waals surface area contributed by atoms with Crippen molar-refractivity contribution in [1.29, 1.82) is 0 Å². The number of benzene rings is 1. The van der Waals surface area contributed by atoms with Crippen LogP contribution in [-0.4, -0.2) is 13.1 Å². The van der Waals surface area contributed by atoms with Gasteiger partial charge in [0.1, 0.15) is 17.2 Å². The first-order valence-electron chi connectivity index (χ1n) is 3.39. The Morgan fingerprint density at radius 2 is 1.92 bits per heavy atom. The number of nitrogens with two attached hydrogens (primary N) is 1. The van der Waals surface area contributed by atoms with Crippen molar-refractivity contribution in [2.24, 2.45) is 0 Å². The number of rotatable bonds is 1. The van der Waals surface area contributed by atoms with Gasteiger partial charge in [0.15, 0.2) is 0 Å². The van der Waals surface area contributed by atoms with Crippen LogP contribution in [0.4, 0.5) is 14.5 Å². The molecule has 13 heavy (non-hydrogen) atoms. The molecule has 5 heteroatoms. The third-order valence-electron chi connectivity index (χ3n) is 1.53. The van der Waals surface area contributed by atoms with Gasteiger partial charge in [0, 0.05) is 0 Å². The third-order valence-corrected chi connectivity index (χ3v) is 1.53. The number of ether oxygens (including phenoxy) is 1. The molecule has 0 amide bonds. The van der Waals surface area contributed by atoms with Gasteiger partial charge in [-0.2, -0.15) is 0 Å². The van der Waals surface area contributed by atoms with Gasteiger partial charge in [-0.15, -0.1) is 0 Å². The summed E-state index contributed by atoms with van der Waals surface area (Å²) in [4.78, 5) is 10.9. The second-order valence-corrected chi connectivity index (χ2v) is 2.31. The standard InChI is InChI=1S/C8H7F2NO2/c1-13-8(12)6-4(9)2-3-5(10)7(6)11/h2-3H,11H2,1H3. The van der Waals surface area contributed by atoms with Crippen LogP contribution in [0.1, 0.15) is 10.4 Å².